The van der Waals surface area contributed by atoms with Crippen molar-refractivity contribution < 1.29 is 9.53 Å². The summed E-state index contributed by atoms with van der Waals surface area (Å²) in [7, 11) is 1.70. The van der Waals surface area contributed by atoms with Crippen molar-refractivity contribution in [3.8, 4) is 0 Å². The summed E-state index contributed by atoms with van der Waals surface area (Å²) in [5.74, 6) is -0.261. The van der Waals surface area contributed by atoms with E-state index in [1.165, 1.54) is 0 Å². The minimum absolute atomic E-state index is 0.0555. The summed E-state index contributed by atoms with van der Waals surface area (Å²) in [4.78, 5) is 13.5. The predicted octanol–water partition coefficient (Wildman–Crippen LogP) is 1.53. The summed E-state index contributed by atoms with van der Waals surface area (Å²) in [6.45, 7) is 1.62. The molecule has 2 N–H and O–H groups in total. The summed E-state index contributed by atoms with van der Waals surface area (Å²) in [6, 6.07) is 10.1. The van der Waals surface area contributed by atoms with Gasteiger partial charge in [-0.1, -0.05) is 30.3 Å². The number of likely N-dealkylation sites (tertiary alicyclic amines) is 1. The number of nitrogens with zero attached hydrogens (tertiary/aromatic N) is 1. The Morgan fingerprint density at radius 1 is 1.44 bits per heavy atom. The van der Waals surface area contributed by atoms with Crippen LogP contribution in [0.25, 0.3) is 0 Å². The topological polar surface area (TPSA) is 55.6 Å². The minimum atomic E-state index is -0.206. The van der Waals surface area contributed by atoms with Crippen LogP contribution in [0.3, 0.4) is 0 Å². The molecule has 0 spiro atoms. The van der Waals surface area contributed by atoms with Crippen molar-refractivity contribution in [3.05, 3.63) is 35.9 Å². The number of primary amides is 1. The van der Waals surface area contributed by atoms with Crippen LogP contribution in [-0.4, -0.2) is 31.0 Å². The summed E-state index contributed by atoms with van der Waals surface area (Å²) in [5.41, 5.74) is 6.52. The van der Waals surface area contributed by atoms with Gasteiger partial charge in [0.05, 0.1) is 5.92 Å². The molecule has 98 valence electrons. The molecule has 0 bridgehead atoms. The van der Waals surface area contributed by atoms with E-state index in [-0.39, 0.29) is 18.1 Å². The van der Waals surface area contributed by atoms with E-state index >= 15 is 0 Å². The molecule has 1 saturated heterocycles. The first-order chi connectivity index (χ1) is 8.72. The molecule has 1 aliphatic rings. The van der Waals surface area contributed by atoms with Crippen LogP contribution < -0.4 is 5.73 Å². The second kappa shape index (κ2) is 5.98. The molecule has 1 fully saturated rings. The molecule has 0 aliphatic carbocycles. The number of carbonyl (C=O) groups is 1. The van der Waals surface area contributed by atoms with Gasteiger partial charge in [-0.25, -0.2) is 0 Å². The second-order valence-electron chi connectivity index (χ2n) is 4.74. The Hall–Kier alpha value is -1.39. The molecule has 0 aromatic heterocycles. The van der Waals surface area contributed by atoms with Gasteiger partial charge in [-0.3, -0.25) is 9.69 Å². The quantitative estimate of drug-likeness (QED) is 0.879. The molecule has 1 aromatic carbocycles. The Balaban J connectivity index is 2.11. The van der Waals surface area contributed by atoms with Crippen LogP contribution in [-0.2, 0) is 9.53 Å². The highest BCUT2D eigenvalue weighted by Crippen LogP contribution is 2.27. The van der Waals surface area contributed by atoms with Crippen LogP contribution >= 0.6 is 0 Å². The largest absolute Gasteiger partial charge is 0.369 e. The monoisotopic (exact) mass is 248 g/mol. The Bertz CT molecular complexity index is 394. The lowest BCUT2D eigenvalue weighted by molar-refractivity contribution is -0.126. The van der Waals surface area contributed by atoms with Gasteiger partial charge in [-0.2, -0.15) is 0 Å². The van der Waals surface area contributed by atoms with Crippen LogP contribution in [0.4, 0.5) is 0 Å². The van der Waals surface area contributed by atoms with Crippen molar-refractivity contribution in [3.63, 3.8) is 0 Å². The molecule has 4 heteroatoms. The number of benzene rings is 1. The molecule has 1 heterocycles. The SMILES string of the molecule is COC(c1ccccc1)N1CCCC(C(N)=O)C1. The van der Waals surface area contributed by atoms with Gasteiger partial charge in [-0.15, -0.1) is 0 Å². The number of rotatable bonds is 4. The van der Waals surface area contributed by atoms with Gasteiger partial charge in [-0.05, 0) is 18.4 Å². The summed E-state index contributed by atoms with van der Waals surface area (Å²) < 4.78 is 5.58. The average molecular weight is 248 g/mol. The average Bonchev–Trinajstić information content (AvgIpc) is 2.41. The van der Waals surface area contributed by atoms with Crippen LogP contribution in [0.15, 0.2) is 30.3 Å². The van der Waals surface area contributed by atoms with E-state index in [9.17, 15) is 4.79 Å². The smallest absolute Gasteiger partial charge is 0.221 e. The number of hydrogen-bond donors (Lipinski definition) is 1. The molecular weight excluding hydrogens is 228 g/mol. The van der Waals surface area contributed by atoms with Crippen molar-refractivity contribution in [1.29, 1.82) is 0 Å². The Labute approximate surface area is 108 Å². The first-order valence-electron chi connectivity index (χ1n) is 6.33. The van der Waals surface area contributed by atoms with E-state index in [0.717, 1.165) is 24.9 Å². The molecule has 2 rings (SSSR count). The van der Waals surface area contributed by atoms with E-state index in [1.807, 2.05) is 30.3 Å². The van der Waals surface area contributed by atoms with Crippen molar-refractivity contribution in [1.82, 2.24) is 4.90 Å². The van der Waals surface area contributed by atoms with Gasteiger partial charge < -0.3 is 10.5 Å². The van der Waals surface area contributed by atoms with Gasteiger partial charge in [0.25, 0.3) is 0 Å². The number of carbonyl (C=O) groups excluding carboxylic acids is 1. The van der Waals surface area contributed by atoms with Gasteiger partial charge in [0.15, 0.2) is 0 Å². The van der Waals surface area contributed by atoms with Gasteiger partial charge in [0.1, 0.15) is 6.23 Å². The fraction of sp³-hybridized carbons (Fsp3) is 0.500. The lowest BCUT2D eigenvalue weighted by Crippen LogP contribution is -2.43. The first-order valence-corrected chi connectivity index (χ1v) is 6.33. The summed E-state index contributed by atoms with van der Waals surface area (Å²) in [5, 5.41) is 0. The third-order valence-corrected chi connectivity index (χ3v) is 3.49. The molecule has 18 heavy (non-hydrogen) atoms. The second-order valence-corrected chi connectivity index (χ2v) is 4.74. The third-order valence-electron chi connectivity index (χ3n) is 3.49. The van der Waals surface area contributed by atoms with E-state index in [0.29, 0.717) is 6.54 Å². The third kappa shape index (κ3) is 2.89. The van der Waals surface area contributed by atoms with E-state index in [2.05, 4.69) is 4.90 Å². The van der Waals surface area contributed by atoms with E-state index in [1.54, 1.807) is 7.11 Å². The highest BCUT2D eigenvalue weighted by Gasteiger charge is 2.29. The zero-order valence-electron chi connectivity index (χ0n) is 10.7. The number of piperidine rings is 1. The van der Waals surface area contributed by atoms with Crippen LogP contribution in [0.2, 0.25) is 0 Å². The molecule has 1 amide bonds. The van der Waals surface area contributed by atoms with Crippen LogP contribution in [0.5, 0.6) is 0 Å². The molecule has 2 atom stereocenters. The van der Waals surface area contributed by atoms with Crippen molar-refractivity contribution in [2.45, 2.75) is 19.1 Å². The van der Waals surface area contributed by atoms with Crippen molar-refractivity contribution in [2.75, 3.05) is 20.2 Å². The number of ether oxygens (including phenoxy) is 1. The molecule has 1 aromatic rings. The lowest BCUT2D eigenvalue weighted by Gasteiger charge is -2.36. The fourth-order valence-electron chi connectivity index (χ4n) is 2.57. The number of amides is 1. The Morgan fingerprint density at radius 2 is 2.17 bits per heavy atom. The number of methoxy groups -OCH3 is 1. The normalized spacial score (nSPS) is 22.6. The van der Waals surface area contributed by atoms with Gasteiger partial charge in [0, 0.05) is 20.2 Å². The summed E-state index contributed by atoms with van der Waals surface area (Å²) in [6.07, 6.45) is 1.78. The summed E-state index contributed by atoms with van der Waals surface area (Å²) >= 11 is 0. The van der Waals surface area contributed by atoms with Crippen molar-refractivity contribution >= 4 is 5.91 Å². The molecule has 0 saturated carbocycles. The zero-order chi connectivity index (χ0) is 13.0. The maximum Gasteiger partial charge on any atom is 0.221 e. The highest BCUT2D eigenvalue weighted by molar-refractivity contribution is 5.76. The van der Waals surface area contributed by atoms with E-state index in [4.69, 9.17) is 10.5 Å². The van der Waals surface area contributed by atoms with Gasteiger partial charge >= 0.3 is 0 Å². The molecule has 4 nitrogen and oxygen atoms in total. The molecule has 0 radical (unpaired) electrons. The lowest BCUT2D eigenvalue weighted by atomic mass is 9.96. The molecule has 1 aliphatic heterocycles. The minimum Gasteiger partial charge on any atom is -0.369 e. The van der Waals surface area contributed by atoms with Crippen molar-refractivity contribution in [2.24, 2.45) is 11.7 Å². The predicted molar refractivity (Wildman–Crippen MR) is 69.7 cm³/mol. The van der Waals surface area contributed by atoms with Crippen LogP contribution in [0.1, 0.15) is 24.6 Å². The molecular formula is C14H20N2O2. The standard InChI is InChI=1S/C14H20N2O2/c1-18-14(11-6-3-2-4-7-11)16-9-5-8-12(10-16)13(15)17/h2-4,6-7,12,14H,5,8-10H2,1H3,(H2,15,17). The first kappa shape index (κ1) is 13.1. The maximum atomic E-state index is 11.3. The highest BCUT2D eigenvalue weighted by atomic mass is 16.5. The van der Waals surface area contributed by atoms with Crippen LogP contribution in [0, 0.1) is 5.92 Å². The number of nitrogens with two attached hydrogens (primary N) is 1. The number of hydrogen-bond acceptors (Lipinski definition) is 3. The fourth-order valence-corrected chi connectivity index (χ4v) is 2.57. The van der Waals surface area contributed by atoms with Gasteiger partial charge in [0.2, 0.25) is 5.91 Å². The zero-order valence-corrected chi connectivity index (χ0v) is 10.7. The Morgan fingerprint density at radius 3 is 2.78 bits per heavy atom. The van der Waals surface area contributed by atoms with E-state index < -0.39 is 0 Å². The molecule has 2 unspecified atom stereocenters. The maximum absolute atomic E-state index is 11.3. The Kier molecular flexibility index (Phi) is 4.33.